The molecule has 0 aromatic heterocycles. The van der Waals surface area contributed by atoms with Gasteiger partial charge in [-0.1, -0.05) is 30.2 Å². The number of carbonyl (C=O) groups is 1. The number of esters is 1. The van der Waals surface area contributed by atoms with Gasteiger partial charge in [-0.3, -0.25) is 4.79 Å². The van der Waals surface area contributed by atoms with Crippen LogP contribution in [0, 0.1) is 11.8 Å². The van der Waals surface area contributed by atoms with Crippen LogP contribution in [0.15, 0.2) is 23.3 Å². The first kappa shape index (κ1) is 15.0. The van der Waals surface area contributed by atoms with E-state index in [-0.39, 0.29) is 5.97 Å². The minimum atomic E-state index is -0.166. The molecule has 0 fully saturated rings. The summed E-state index contributed by atoms with van der Waals surface area (Å²) in [4.78, 5) is 10.8. The summed E-state index contributed by atoms with van der Waals surface area (Å²) in [6.07, 6.45) is 9.19. The van der Waals surface area contributed by atoms with Gasteiger partial charge in [0.15, 0.2) is 0 Å². The van der Waals surface area contributed by atoms with Crippen LogP contribution in [0.3, 0.4) is 0 Å². The van der Waals surface area contributed by atoms with Gasteiger partial charge in [-0.2, -0.15) is 0 Å². The Kier molecular flexibility index (Phi) is 6.17. The molecular weight excluding hydrogens is 224 g/mol. The van der Waals surface area contributed by atoms with Gasteiger partial charge in [0.1, 0.15) is 0 Å². The standard InChI is InChI=1S/C16H26O2/c1-12(2)6-5-7-15-8-9-16(13(3)10-15)11-18-14(4)17/h6,8,13,16H,5,7,9-11H2,1-4H3/t13-,16-/m0/s1. The van der Waals surface area contributed by atoms with Crippen molar-refractivity contribution in [1.82, 2.24) is 0 Å². The van der Waals surface area contributed by atoms with Crippen molar-refractivity contribution in [1.29, 1.82) is 0 Å². The highest BCUT2D eigenvalue weighted by molar-refractivity contribution is 5.65. The second-order valence-electron chi connectivity index (χ2n) is 5.66. The monoisotopic (exact) mass is 250 g/mol. The minimum Gasteiger partial charge on any atom is -0.466 e. The summed E-state index contributed by atoms with van der Waals surface area (Å²) in [7, 11) is 0. The van der Waals surface area contributed by atoms with Crippen molar-refractivity contribution in [3.8, 4) is 0 Å². The van der Waals surface area contributed by atoms with Gasteiger partial charge < -0.3 is 4.74 Å². The van der Waals surface area contributed by atoms with Crippen molar-refractivity contribution in [3.63, 3.8) is 0 Å². The first-order valence-corrected chi connectivity index (χ1v) is 6.93. The molecule has 0 bridgehead atoms. The Balaban J connectivity index is 2.38. The highest BCUT2D eigenvalue weighted by Gasteiger charge is 2.22. The van der Waals surface area contributed by atoms with Crippen LogP contribution in [-0.4, -0.2) is 12.6 Å². The highest BCUT2D eigenvalue weighted by Crippen LogP contribution is 2.31. The maximum absolute atomic E-state index is 10.8. The Bertz CT molecular complexity index is 335. The molecule has 1 aliphatic rings. The van der Waals surface area contributed by atoms with Crippen molar-refractivity contribution in [2.24, 2.45) is 11.8 Å². The van der Waals surface area contributed by atoms with E-state index in [4.69, 9.17) is 4.74 Å². The van der Waals surface area contributed by atoms with Crippen molar-refractivity contribution in [2.75, 3.05) is 6.61 Å². The molecule has 0 amide bonds. The summed E-state index contributed by atoms with van der Waals surface area (Å²) in [6, 6.07) is 0. The van der Waals surface area contributed by atoms with Gasteiger partial charge in [0.25, 0.3) is 0 Å². The highest BCUT2D eigenvalue weighted by atomic mass is 16.5. The predicted octanol–water partition coefficient (Wildman–Crippen LogP) is 4.27. The minimum absolute atomic E-state index is 0.166. The zero-order valence-corrected chi connectivity index (χ0v) is 12.2. The third-order valence-corrected chi connectivity index (χ3v) is 3.62. The van der Waals surface area contributed by atoms with E-state index in [1.54, 1.807) is 5.57 Å². The summed E-state index contributed by atoms with van der Waals surface area (Å²) in [5.74, 6) is 0.956. The molecule has 1 aliphatic carbocycles. The molecule has 0 unspecified atom stereocenters. The second kappa shape index (κ2) is 7.40. The largest absolute Gasteiger partial charge is 0.466 e. The molecular formula is C16H26O2. The number of hydrogen-bond acceptors (Lipinski definition) is 2. The molecule has 2 nitrogen and oxygen atoms in total. The lowest BCUT2D eigenvalue weighted by molar-refractivity contribution is -0.142. The van der Waals surface area contributed by atoms with Gasteiger partial charge in [0, 0.05) is 6.92 Å². The zero-order chi connectivity index (χ0) is 13.5. The van der Waals surface area contributed by atoms with Crippen molar-refractivity contribution >= 4 is 5.97 Å². The SMILES string of the molecule is CC(=O)OC[C@@H]1CC=C(CCC=C(C)C)C[C@@H]1C. The summed E-state index contributed by atoms with van der Waals surface area (Å²) in [5.41, 5.74) is 2.96. The van der Waals surface area contributed by atoms with Crippen LogP contribution in [0.5, 0.6) is 0 Å². The number of allylic oxidation sites excluding steroid dienone is 4. The normalized spacial score (nSPS) is 23.2. The quantitative estimate of drug-likeness (QED) is 0.538. The molecule has 1 rings (SSSR count). The average molecular weight is 250 g/mol. The van der Waals surface area contributed by atoms with Crippen molar-refractivity contribution < 1.29 is 9.53 Å². The van der Waals surface area contributed by atoms with Crippen LogP contribution in [0.1, 0.15) is 53.4 Å². The van der Waals surface area contributed by atoms with Gasteiger partial charge in [-0.25, -0.2) is 0 Å². The molecule has 0 heterocycles. The van der Waals surface area contributed by atoms with E-state index < -0.39 is 0 Å². The first-order valence-electron chi connectivity index (χ1n) is 6.93. The molecule has 0 spiro atoms. The van der Waals surface area contributed by atoms with Gasteiger partial charge >= 0.3 is 5.97 Å². The number of rotatable bonds is 5. The van der Waals surface area contributed by atoms with Gasteiger partial charge in [-0.05, 0) is 51.4 Å². The fourth-order valence-corrected chi connectivity index (χ4v) is 2.42. The molecule has 0 saturated heterocycles. The van der Waals surface area contributed by atoms with Crippen LogP contribution in [0.2, 0.25) is 0 Å². The summed E-state index contributed by atoms with van der Waals surface area (Å²) in [6.45, 7) is 8.62. The topological polar surface area (TPSA) is 26.3 Å². The van der Waals surface area contributed by atoms with Gasteiger partial charge in [0.05, 0.1) is 6.61 Å². The van der Waals surface area contributed by atoms with E-state index >= 15 is 0 Å². The number of carbonyl (C=O) groups excluding carboxylic acids is 1. The van der Waals surface area contributed by atoms with E-state index in [2.05, 4.69) is 32.9 Å². The average Bonchev–Trinajstić information content (AvgIpc) is 2.27. The molecule has 0 saturated carbocycles. The Morgan fingerprint density at radius 1 is 1.44 bits per heavy atom. The summed E-state index contributed by atoms with van der Waals surface area (Å²) < 4.78 is 5.12. The molecule has 2 atom stereocenters. The van der Waals surface area contributed by atoms with E-state index in [9.17, 15) is 4.79 Å². The third kappa shape index (κ3) is 5.52. The van der Waals surface area contributed by atoms with E-state index in [0.29, 0.717) is 18.4 Å². The van der Waals surface area contributed by atoms with Crippen LogP contribution < -0.4 is 0 Å². The van der Waals surface area contributed by atoms with Crippen LogP contribution >= 0.6 is 0 Å². The second-order valence-corrected chi connectivity index (χ2v) is 5.66. The molecule has 0 aliphatic heterocycles. The van der Waals surface area contributed by atoms with E-state index in [0.717, 1.165) is 19.3 Å². The third-order valence-electron chi connectivity index (χ3n) is 3.62. The molecule has 0 radical (unpaired) electrons. The van der Waals surface area contributed by atoms with Crippen molar-refractivity contribution in [2.45, 2.75) is 53.4 Å². The first-order chi connectivity index (χ1) is 8.49. The molecule has 102 valence electrons. The van der Waals surface area contributed by atoms with Crippen LogP contribution in [0.25, 0.3) is 0 Å². The summed E-state index contributed by atoms with van der Waals surface area (Å²) in [5, 5.41) is 0. The number of ether oxygens (including phenoxy) is 1. The maximum atomic E-state index is 10.8. The fourth-order valence-electron chi connectivity index (χ4n) is 2.42. The predicted molar refractivity (Wildman–Crippen MR) is 75.3 cm³/mol. The molecule has 0 N–H and O–H groups in total. The van der Waals surface area contributed by atoms with E-state index in [1.807, 2.05) is 0 Å². The van der Waals surface area contributed by atoms with Crippen LogP contribution in [-0.2, 0) is 9.53 Å². The Hall–Kier alpha value is -1.05. The van der Waals surface area contributed by atoms with E-state index in [1.165, 1.54) is 18.9 Å². The Morgan fingerprint density at radius 3 is 2.72 bits per heavy atom. The van der Waals surface area contributed by atoms with Gasteiger partial charge in [0.2, 0.25) is 0 Å². The molecule has 0 aromatic carbocycles. The number of hydrogen-bond donors (Lipinski definition) is 0. The molecule has 0 aromatic rings. The van der Waals surface area contributed by atoms with Crippen LogP contribution in [0.4, 0.5) is 0 Å². The Labute approximate surface area is 111 Å². The zero-order valence-electron chi connectivity index (χ0n) is 12.2. The molecule has 18 heavy (non-hydrogen) atoms. The summed E-state index contributed by atoms with van der Waals surface area (Å²) >= 11 is 0. The lowest BCUT2D eigenvalue weighted by Gasteiger charge is -2.28. The Morgan fingerprint density at radius 2 is 2.17 bits per heavy atom. The maximum Gasteiger partial charge on any atom is 0.302 e. The van der Waals surface area contributed by atoms with Gasteiger partial charge in [-0.15, -0.1) is 0 Å². The lowest BCUT2D eigenvalue weighted by atomic mass is 9.80. The fraction of sp³-hybridized carbons (Fsp3) is 0.688. The smallest absolute Gasteiger partial charge is 0.302 e. The van der Waals surface area contributed by atoms with Crippen molar-refractivity contribution in [3.05, 3.63) is 23.3 Å². The lowest BCUT2D eigenvalue weighted by Crippen LogP contribution is -2.22. The molecule has 2 heteroatoms.